The van der Waals surface area contributed by atoms with Gasteiger partial charge in [0.15, 0.2) is 0 Å². The van der Waals surface area contributed by atoms with Gasteiger partial charge < -0.3 is 0 Å². The highest BCUT2D eigenvalue weighted by molar-refractivity contribution is 6.12. The fraction of sp³-hybridized carbons (Fsp3) is 0. The zero-order valence-corrected chi connectivity index (χ0v) is 14.1. The standard InChI is InChI=1S/C26H18/c1-2-9-19(10-3-1)20-13-8-14-23(17-20)26-24-15-6-4-11-21(24)18-22-12-5-7-16-25(22)26/h1-18H/i8D,13D,14D,17D. The maximum Gasteiger partial charge on any atom is 0.0636 e. The van der Waals surface area contributed by atoms with Gasteiger partial charge in [-0.25, -0.2) is 0 Å². The Kier molecular flexibility index (Phi) is 2.67. The van der Waals surface area contributed by atoms with E-state index in [2.05, 4.69) is 6.07 Å². The van der Waals surface area contributed by atoms with Crippen molar-refractivity contribution in [2.75, 3.05) is 0 Å². The van der Waals surface area contributed by atoms with Crippen LogP contribution in [0.2, 0.25) is 0 Å². The van der Waals surface area contributed by atoms with Gasteiger partial charge in [0.1, 0.15) is 0 Å². The van der Waals surface area contributed by atoms with Crippen LogP contribution in [0.4, 0.5) is 0 Å². The Bertz CT molecular complexity index is 1370. The molecule has 0 bridgehead atoms. The minimum absolute atomic E-state index is 0.0776. The summed E-state index contributed by atoms with van der Waals surface area (Å²) in [5.74, 6) is 0. The van der Waals surface area contributed by atoms with Gasteiger partial charge >= 0.3 is 0 Å². The molecule has 0 saturated carbocycles. The summed E-state index contributed by atoms with van der Waals surface area (Å²) in [7, 11) is 0. The van der Waals surface area contributed by atoms with Crippen LogP contribution in [0, 0.1) is 0 Å². The van der Waals surface area contributed by atoms with E-state index in [0.29, 0.717) is 16.7 Å². The Morgan fingerprint density at radius 2 is 1.12 bits per heavy atom. The molecule has 0 atom stereocenters. The van der Waals surface area contributed by atoms with E-state index in [1.165, 1.54) is 0 Å². The van der Waals surface area contributed by atoms with Crippen LogP contribution in [-0.4, -0.2) is 0 Å². The summed E-state index contributed by atoms with van der Waals surface area (Å²) in [6, 6.07) is 27.1. The number of hydrogen-bond acceptors (Lipinski definition) is 0. The summed E-state index contributed by atoms with van der Waals surface area (Å²) in [4.78, 5) is 0. The summed E-state index contributed by atoms with van der Waals surface area (Å²) in [5.41, 5.74) is 2.29. The van der Waals surface area contributed by atoms with Gasteiger partial charge in [-0.05, 0) is 55.9 Å². The van der Waals surface area contributed by atoms with Crippen molar-refractivity contribution < 1.29 is 5.48 Å². The SMILES string of the molecule is [2H]c1c([2H])c(-c2ccccc2)c([2H])c(-c2c3ccccc3cc3ccccc23)c1[2H]. The van der Waals surface area contributed by atoms with Crippen molar-refractivity contribution in [1.29, 1.82) is 0 Å². The molecule has 5 aromatic rings. The quantitative estimate of drug-likeness (QED) is 0.296. The summed E-state index contributed by atoms with van der Waals surface area (Å²) in [6.45, 7) is 0. The van der Waals surface area contributed by atoms with Crippen molar-refractivity contribution in [2.24, 2.45) is 0 Å². The molecule has 0 fully saturated rings. The van der Waals surface area contributed by atoms with Crippen molar-refractivity contribution >= 4 is 21.5 Å². The Morgan fingerprint density at radius 3 is 1.81 bits per heavy atom. The Labute approximate surface area is 159 Å². The van der Waals surface area contributed by atoms with Gasteiger partial charge in [-0.3, -0.25) is 0 Å². The van der Waals surface area contributed by atoms with Crippen molar-refractivity contribution in [1.82, 2.24) is 0 Å². The molecular weight excluding hydrogens is 312 g/mol. The molecule has 0 aromatic heterocycles. The van der Waals surface area contributed by atoms with Crippen LogP contribution in [0.1, 0.15) is 5.48 Å². The van der Waals surface area contributed by atoms with Crippen molar-refractivity contribution in [2.45, 2.75) is 0 Å². The van der Waals surface area contributed by atoms with Gasteiger partial charge in [0.25, 0.3) is 0 Å². The Morgan fingerprint density at radius 1 is 0.538 bits per heavy atom. The lowest BCUT2D eigenvalue weighted by molar-refractivity contribution is 1.61. The topological polar surface area (TPSA) is 0 Å². The highest BCUT2D eigenvalue weighted by Gasteiger charge is 2.10. The largest absolute Gasteiger partial charge is 0.0636 e. The third kappa shape index (κ3) is 2.48. The average Bonchev–Trinajstić information content (AvgIpc) is 2.78. The van der Waals surface area contributed by atoms with E-state index in [1.807, 2.05) is 78.9 Å². The first-order valence-corrected chi connectivity index (χ1v) is 8.64. The van der Waals surface area contributed by atoms with Gasteiger partial charge in [-0.1, -0.05) is 97.0 Å². The molecule has 5 rings (SSSR count). The lowest BCUT2D eigenvalue weighted by atomic mass is 9.90. The lowest BCUT2D eigenvalue weighted by Gasteiger charge is -2.13. The number of benzene rings is 5. The zero-order chi connectivity index (χ0) is 20.8. The van der Waals surface area contributed by atoms with Gasteiger partial charge in [0.2, 0.25) is 0 Å². The van der Waals surface area contributed by atoms with Crippen LogP contribution in [0.5, 0.6) is 0 Å². The highest BCUT2D eigenvalue weighted by atomic mass is 14.1. The fourth-order valence-electron chi connectivity index (χ4n) is 3.50. The third-order valence-corrected chi connectivity index (χ3v) is 4.71. The first-order valence-electron chi connectivity index (χ1n) is 10.6. The summed E-state index contributed by atoms with van der Waals surface area (Å²) in [6.07, 6.45) is 0. The first kappa shape index (κ1) is 11.3. The van der Waals surface area contributed by atoms with Crippen LogP contribution < -0.4 is 0 Å². The highest BCUT2D eigenvalue weighted by Crippen LogP contribution is 2.37. The molecule has 5 aromatic carbocycles. The van der Waals surface area contributed by atoms with Crippen molar-refractivity contribution in [3.8, 4) is 22.3 Å². The van der Waals surface area contributed by atoms with E-state index >= 15 is 0 Å². The summed E-state index contributed by atoms with van der Waals surface area (Å²) in [5, 5.41) is 3.92. The van der Waals surface area contributed by atoms with E-state index < -0.39 is 0 Å². The van der Waals surface area contributed by atoms with Crippen LogP contribution in [0.25, 0.3) is 43.8 Å². The molecule has 0 unspecified atom stereocenters. The van der Waals surface area contributed by atoms with Gasteiger partial charge in [-0.2, -0.15) is 0 Å². The number of hydrogen-bond donors (Lipinski definition) is 0. The van der Waals surface area contributed by atoms with E-state index in [0.717, 1.165) is 27.1 Å². The molecule has 0 heterocycles. The first-order chi connectivity index (χ1) is 14.6. The van der Waals surface area contributed by atoms with Crippen LogP contribution in [0.3, 0.4) is 0 Å². The maximum absolute atomic E-state index is 9.03. The second-order valence-electron chi connectivity index (χ2n) is 6.31. The summed E-state index contributed by atoms with van der Waals surface area (Å²) < 4.78 is 34.7. The number of rotatable bonds is 2. The smallest absolute Gasteiger partial charge is 0.0622 e. The minimum atomic E-state index is -0.156. The molecule has 0 N–H and O–H groups in total. The Hall–Kier alpha value is -3.38. The maximum atomic E-state index is 9.03. The molecule has 0 aliphatic rings. The molecule has 26 heavy (non-hydrogen) atoms. The van der Waals surface area contributed by atoms with E-state index in [4.69, 9.17) is 5.48 Å². The van der Waals surface area contributed by atoms with E-state index in [-0.39, 0.29) is 24.2 Å². The van der Waals surface area contributed by atoms with Gasteiger partial charge in [-0.15, -0.1) is 0 Å². The molecular formula is C26H18. The zero-order valence-electron chi connectivity index (χ0n) is 18.1. The average molecular weight is 334 g/mol. The molecule has 0 aliphatic heterocycles. The van der Waals surface area contributed by atoms with Crippen LogP contribution in [0.15, 0.2) is 109 Å². The predicted octanol–water partition coefficient (Wildman–Crippen LogP) is 7.33. The normalized spacial score (nSPS) is 13.2. The van der Waals surface area contributed by atoms with Crippen molar-refractivity contribution in [3.05, 3.63) is 109 Å². The molecule has 0 spiro atoms. The van der Waals surface area contributed by atoms with Gasteiger partial charge in [0.05, 0.1) is 5.48 Å². The number of fused-ring (bicyclic) bond motifs is 2. The lowest BCUT2D eigenvalue weighted by Crippen LogP contribution is -1.86. The minimum Gasteiger partial charge on any atom is -0.0622 e. The van der Waals surface area contributed by atoms with E-state index in [9.17, 15) is 0 Å². The second kappa shape index (κ2) is 6.16. The Balaban J connectivity index is 1.99. The molecule has 0 heteroatoms. The molecule has 0 radical (unpaired) electrons. The molecule has 0 aliphatic carbocycles. The molecule has 0 nitrogen and oxygen atoms in total. The van der Waals surface area contributed by atoms with Crippen molar-refractivity contribution in [3.63, 3.8) is 0 Å². The molecule has 122 valence electrons. The van der Waals surface area contributed by atoms with Crippen LogP contribution in [-0.2, 0) is 0 Å². The van der Waals surface area contributed by atoms with Gasteiger partial charge in [0, 0.05) is 0 Å². The monoisotopic (exact) mass is 334 g/mol. The third-order valence-electron chi connectivity index (χ3n) is 4.71. The predicted molar refractivity (Wildman–Crippen MR) is 112 cm³/mol. The summed E-state index contributed by atoms with van der Waals surface area (Å²) >= 11 is 0. The fourth-order valence-corrected chi connectivity index (χ4v) is 3.50. The second-order valence-corrected chi connectivity index (χ2v) is 6.31. The molecule has 0 amide bonds. The van der Waals surface area contributed by atoms with Crippen LogP contribution >= 0.6 is 0 Å². The van der Waals surface area contributed by atoms with E-state index in [1.54, 1.807) is 0 Å². The molecule has 0 saturated heterocycles.